The largest absolute Gasteiger partial charge is 0.279 e. The van der Waals surface area contributed by atoms with E-state index in [4.69, 9.17) is 0 Å². The van der Waals surface area contributed by atoms with Crippen molar-refractivity contribution in [3.63, 3.8) is 0 Å². The average molecular weight is 292 g/mol. The molecule has 0 atom stereocenters. The molecular formula is C18H20N4. The fourth-order valence-corrected chi connectivity index (χ4v) is 2.36. The third kappa shape index (κ3) is 4.19. The van der Waals surface area contributed by atoms with E-state index < -0.39 is 0 Å². The van der Waals surface area contributed by atoms with Gasteiger partial charge in [0.05, 0.1) is 11.4 Å². The number of para-hydroxylation sites is 2. The van der Waals surface area contributed by atoms with Crippen LogP contribution in [0.15, 0.2) is 70.9 Å². The Morgan fingerprint density at radius 1 is 0.545 bits per heavy atom. The van der Waals surface area contributed by atoms with E-state index >= 15 is 0 Å². The van der Waals surface area contributed by atoms with E-state index in [9.17, 15) is 0 Å². The van der Waals surface area contributed by atoms with E-state index in [0.717, 1.165) is 37.1 Å². The van der Waals surface area contributed by atoms with E-state index in [1.165, 1.54) is 11.4 Å². The Labute approximate surface area is 131 Å². The van der Waals surface area contributed by atoms with Gasteiger partial charge in [-0.2, -0.15) is 10.2 Å². The number of hydrazone groups is 2. The van der Waals surface area contributed by atoms with Crippen LogP contribution in [0.25, 0.3) is 0 Å². The lowest BCUT2D eigenvalue weighted by molar-refractivity contribution is 0.935. The highest BCUT2D eigenvalue weighted by atomic mass is 15.3. The third-order valence-electron chi connectivity index (χ3n) is 3.64. The maximum absolute atomic E-state index is 4.50. The summed E-state index contributed by atoms with van der Waals surface area (Å²) in [5.74, 6) is 0. The van der Waals surface area contributed by atoms with Crippen molar-refractivity contribution in [2.24, 2.45) is 10.2 Å². The first-order chi connectivity index (χ1) is 10.9. The molecule has 4 nitrogen and oxygen atoms in total. The minimum absolute atomic E-state index is 0.967. The SMILES string of the molecule is c1ccc(NN=C2CCC(=NNc3ccccc3)CC2)cc1. The Morgan fingerprint density at radius 2 is 0.909 bits per heavy atom. The molecule has 2 aromatic carbocycles. The van der Waals surface area contributed by atoms with Crippen LogP contribution in [0.2, 0.25) is 0 Å². The van der Waals surface area contributed by atoms with Crippen LogP contribution in [0.1, 0.15) is 25.7 Å². The molecule has 2 aromatic rings. The van der Waals surface area contributed by atoms with Crippen molar-refractivity contribution in [2.45, 2.75) is 25.7 Å². The van der Waals surface area contributed by atoms with Crippen LogP contribution >= 0.6 is 0 Å². The van der Waals surface area contributed by atoms with Gasteiger partial charge in [-0.15, -0.1) is 0 Å². The van der Waals surface area contributed by atoms with Gasteiger partial charge in [-0.25, -0.2) is 0 Å². The molecular weight excluding hydrogens is 272 g/mol. The van der Waals surface area contributed by atoms with Gasteiger partial charge in [0, 0.05) is 11.4 Å². The van der Waals surface area contributed by atoms with E-state index in [0.29, 0.717) is 0 Å². The highest BCUT2D eigenvalue weighted by Crippen LogP contribution is 2.15. The molecule has 0 radical (unpaired) electrons. The van der Waals surface area contributed by atoms with Crippen molar-refractivity contribution in [1.82, 2.24) is 0 Å². The standard InChI is InChI=1S/C18H20N4/c1-3-7-15(8-4-1)19-21-17-11-13-18(14-12-17)22-20-16-9-5-2-6-10-16/h1-10,19-20H,11-14H2. The third-order valence-corrected chi connectivity index (χ3v) is 3.64. The maximum atomic E-state index is 4.50. The summed E-state index contributed by atoms with van der Waals surface area (Å²) in [6.45, 7) is 0. The van der Waals surface area contributed by atoms with Crippen molar-refractivity contribution >= 4 is 22.8 Å². The summed E-state index contributed by atoms with van der Waals surface area (Å²) in [5, 5.41) is 8.99. The first-order valence-corrected chi connectivity index (χ1v) is 7.63. The Hall–Kier alpha value is -2.62. The van der Waals surface area contributed by atoms with E-state index in [2.05, 4.69) is 21.1 Å². The van der Waals surface area contributed by atoms with Gasteiger partial charge in [-0.1, -0.05) is 36.4 Å². The summed E-state index contributed by atoms with van der Waals surface area (Å²) < 4.78 is 0. The fraction of sp³-hybridized carbons (Fsp3) is 0.222. The first-order valence-electron chi connectivity index (χ1n) is 7.63. The molecule has 2 N–H and O–H groups in total. The molecule has 1 fully saturated rings. The zero-order valence-electron chi connectivity index (χ0n) is 12.5. The van der Waals surface area contributed by atoms with E-state index in [1.807, 2.05) is 60.7 Å². The number of rotatable bonds is 4. The predicted molar refractivity (Wildman–Crippen MR) is 93.5 cm³/mol. The van der Waals surface area contributed by atoms with E-state index in [-0.39, 0.29) is 0 Å². The van der Waals surface area contributed by atoms with Crippen molar-refractivity contribution in [3.8, 4) is 0 Å². The van der Waals surface area contributed by atoms with Crippen molar-refractivity contribution in [1.29, 1.82) is 0 Å². The summed E-state index contributed by atoms with van der Waals surface area (Å²) >= 11 is 0. The van der Waals surface area contributed by atoms with Crippen molar-refractivity contribution in [3.05, 3.63) is 60.7 Å². The Balaban J connectivity index is 1.50. The average Bonchev–Trinajstić information content (AvgIpc) is 2.61. The summed E-state index contributed by atoms with van der Waals surface area (Å²) in [5.41, 5.74) is 10.7. The molecule has 0 aliphatic heterocycles. The Kier molecular flexibility index (Phi) is 4.82. The lowest BCUT2D eigenvalue weighted by atomic mass is 9.97. The zero-order chi connectivity index (χ0) is 15.0. The molecule has 1 aliphatic rings. The second-order valence-electron chi connectivity index (χ2n) is 5.31. The quantitative estimate of drug-likeness (QED) is 0.815. The molecule has 1 saturated carbocycles. The lowest BCUT2D eigenvalue weighted by Crippen LogP contribution is -2.16. The van der Waals surface area contributed by atoms with Crippen LogP contribution in [0.3, 0.4) is 0 Å². The van der Waals surface area contributed by atoms with Gasteiger partial charge in [0.15, 0.2) is 0 Å². The molecule has 0 heterocycles. The molecule has 22 heavy (non-hydrogen) atoms. The Bertz CT molecular complexity index is 576. The number of anilines is 2. The Morgan fingerprint density at radius 3 is 1.27 bits per heavy atom. The van der Waals surface area contributed by atoms with Crippen LogP contribution in [-0.2, 0) is 0 Å². The molecule has 112 valence electrons. The zero-order valence-corrected chi connectivity index (χ0v) is 12.5. The van der Waals surface area contributed by atoms with Crippen LogP contribution in [0, 0.1) is 0 Å². The van der Waals surface area contributed by atoms with Gasteiger partial charge >= 0.3 is 0 Å². The van der Waals surface area contributed by atoms with Crippen molar-refractivity contribution in [2.75, 3.05) is 10.9 Å². The second kappa shape index (κ2) is 7.41. The van der Waals surface area contributed by atoms with Gasteiger partial charge < -0.3 is 0 Å². The lowest BCUT2D eigenvalue weighted by Gasteiger charge is -2.15. The summed E-state index contributed by atoms with van der Waals surface area (Å²) in [6.07, 6.45) is 3.87. The molecule has 0 amide bonds. The summed E-state index contributed by atoms with van der Waals surface area (Å²) in [4.78, 5) is 0. The molecule has 3 rings (SSSR count). The number of hydrogen-bond acceptors (Lipinski definition) is 4. The molecule has 0 saturated heterocycles. The van der Waals surface area contributed by atoms with Gasteiger partial charge in [0.25, 0.3) is 0 Å². The van der Waals surface area contributed by atoms with Crippen LogP contribution in [0.4, 0.5) is 11.4 Å². The van der Waals surface area contributed by atoms with Gasteiger partial charge in [-0.3, -0.25) is 10.9 Å². The van der Waals surface area contributed by atoms with Crippen LogP contribution < -0.4 is 10.9 Å². The first kappa shape index (κ1) is 14.3. The number of benzene rings is 2. The normalized spacial score (nSPS) is 14.4. The van der Waals surface area contributed by atoms with E-state index in [1.54, 1.807) is 0 Å². The topological polar surface area (TPSA) is 48.8 Å². The molecule has 0 bridgehead atoms. The predicted octanol–water partition coefficient (Wildman–Crippen LogP) is 4.50. The highest BCUT2D eigenvalue weighted by molar-refractivity contribution is 5.98. The maximum Gasteiger partial charge on any atom is 0.0561 e. The van der Waals surface area contributed by atoms with Gasteiger partial charge in [-0.05, 0) is 49.9 Å². The number of nitrogens with one attached hydrogen (secondary N) is 2. The van der Waals surface area contributed by atoms with Crippen LogP contribution in [0.5, 0.6) is 0 Å². The number of nitrogens with zero attached hydrogens (tertiary/aromatic N) is 2. The van der Waals surface area contributed by atoms with Gasteiger partial charge in [0.2, 0.25) is 0 Å². The monoisotopic (exact) mass is 292 g/mol. The van der Waals surface area contributed by atoms with Crippen molar-refractivity contribution < 1.29 is 0 Å². The molecule has 0 spiro atoms. The minimum Gasteiger partial charge on any atom is -0.279 e. The van der Waals surface area contributed by atoms with Gasteiger partial charge in [0.1, 0.15) is 0 Å². The molecule has 4 heteroatoms. The van der Waals surface area contributed by atoms with Crippen LogP contribution in [-0.4, -0.2) is 11.4 Å². The highest BCUT2D eigenvalue weighted by Gasteiger charge is 2.12. The smallest absolute Gasteiger partial charge is 0.0561 e. The minimum atomic E-state index is 0.967. The molecule has 1 aliphatic carbocycles. The molecule has 0 unspecified atom stereocenters. The summed E-state index contributed by atoms with van der Waals surface area (Å²) in [6, 6.07) is 20.1. The second-order valence-corrected chi connectivity index (χ2v) is 5.31. The molecule has 0 aromatic heterocycles. The fourth-order valence-electron chi connectivity index (χ4n) is 2.36. The summed E-state index contributed by atoms with van der Waals surface area (Å²) in [7, 11) is 0. The number of hydrogen-bond donors (Lipinski definition) is 2.